The van der Waals surface area contributed by atoms with Crippen LogP contribution in [0, 0.1) is 12.8 Å². The molecule has 0 aliphatic rings. The molecule has 3 atom stereocenters. The smallest absolute Gasteiger partial charge is 0.408 e. The van der Waals surface area contributed by atoms with Crippen molar-refractivity contribution in [3.63, 3.8) is 0 Å². The Balaban J connectivity index is 2.45. The Labute approximate surface area is 214 Å². The van der Waals surface area contributed by atoms with E-state index in [-0.39, 0.29) is 17.7 Å². The molecule has 7 nitrogen and oxygen atoms in total. The van der Waals surface area contributed by atoms with Crippen LogP contribution < -0.4 is 10.6 Å². The summed E-state index contributed by atoms with van der Waals surface area (Å²) in [4.78, 5) is 41.4. The van der Waals surface area contributed by atoms with Crippen molar-refractivity contribution in [2.45, 2.75) is 65.6 Å². The number of nitrogens with one attached hydrogen (secondary N) is 2. The summed E-state index contributed by atoms with van der Waals surface area (Å²) in [5.41, 5.74) is 2.32. The molecule has 0 spiro atoms. The van der Waals surface area contributed by atoms with Gasteiger partial charge in [0.2, 0.25) is 5.91 Å². The van der Waals surface area contributed by atoms with Gasteiger partial charge in [-0.2, -0.15) is 0 Å². The summed E-state index contributed by atoms with van der Waals surface area (Å²) in [6, 6.07) is 13.0. The van der Waals surface area contributed by atoms with Gasteiger partial charge >= 0.3 is 6.09 Å². The highest BCUT2D eigenvalue weighted by molar-refractivity contribution is 5.99. The molecule has 0 bridgehead atoms. The first kappa shape index (κ1) is 28.6. The van der Waals surface area contributed by atoms with Gasteiger partial charge in [0.1, 0.15) is 17.7 Å². The molecule has 36 heavy (non-hydrogen) atoms. The van der Waals surface area contributed by atoms with E-state index in [9.17, 15) is 14.4 Å². The third kappa shape index (κ3) is 7.70. The minimum atomic E-state index is -0.941. The highest BCUT2D eigenvalue weighted by Gasteiger charge is 2.36. The lowest BCUT2D eigenvalue weighted by atomic mass is 9.95. The number of carbonyl (C=O) groups is 3. The topological polar surface area (TPSA) is 87.7 Å². The van der Waals surface area contributed by atoms with Crippen molar-refractivity contribution in [2.75, 3.05) is 12.4 Å². The lowest BCUT2D eigenvalue weighted by Gasteiger charge is -2.33. The number of likely N-dealkylation sites (N-methyl/N-ethyl adjacent to an activating group) is 1. The third-order valence-electron chi connectivity index (χ3n) is 6.00. The molecule has 0 saturated carbocycles. The number of nitrogens with zero attached hydrogens (tertiary/aromatic N) is 1. The number of para-hydroxylation sites is 1. The zero-order chi connectivity index (χ0) is 27.0. The van der Waals surface area contributed by atoms with Gasteiger partial charge in [-0.05, 0) is 62.4 Å². The van der Waals surface area contributed by atoms with Crippen LogP contribution in [0.15, 0.2) is 55.1 Å². The van der Waals surface area contributed by atoms with Gasteiger partial charge in [-0.1, -0.05) is 69.3 Å². The molecule has 3 amide bonds. The summed E-state index contributed by atoms with van der Waals surface area (Å²) >= 11 is 0. The van der Waals surface area contributed by atoms with E-state index in [0.717, 1.165) is 11.1 Å². The summed E-state index contributed by atoms with van der Waals surface area (Å²) in [5, 5.41) is 5.70. The fourth-order valence-electron chi connectivity index (χ4n) is 3.79. The van der Waals surface area contributed by atoms with Gasteiger partial charge in [0, 0.05) is 12.7 Å². The fraction of sp³-hybridized carbons (Fsp3) is 0.414. The summed E-state index contributed by atoms with van der Waals surface area (Å²) in [6.45, 7) is 14.8. The Bertz CT molecular complexity index is 1090. The van der Waals surface area contributed by atoms with Gasteiger partial charge in [-0.3, -0.25) is 9.59 Å². The number of ether oxygens (including phenoxy) is 1. The average molecular weight is 494 g/mol. The lowest BCUT2D eigenvalue weighted by molar-refractivity contribution is -0.140. The van der Waals surface area contributed by atoms with Crippen LogP contribution in [-0.2, 0) is 14.3 Å². The zero-order valence-electron chi connectivity index (χ0n) is 22.4. The molecule has 2 aromatic carbocycles. The lowest BCUT2D eigenvalue weighted by Crippen LogP contribution is -2.53. The van der Waals surface area contributed by atoms with Crippen molar-refractivity contribution < 1.29 is 19.1 Å². The van der Waals surface area contributed by atoms with Crippen molar-refractivity contribution in [1.82, 2.24) is 10.2 Å². The largest absolute Gasteiger partial charge is 0.444 e. The Morgan fingerprint density at radius 3 is 2.36 bits per heavy atom. The minimum absolute atomic E-state index is 0.188. The van der Waals surface area contributed by atoms with Crippen molar-refractivity contribution in [3.8, 4) is 0 Å². The number of alkyl carbamates (subject to hydrolysis) is 1. The normalized spacial score (nSPS) is 13.6. The van der Waals surface area contributed by atoms with Crippen LogP contribution in [0.5, 0.6) is 0 Å². The van der Waals surface area contributed by atoms with Crippen LogP contribution in [-0.4, -0.2) is 41.5 Å². The van der Waals surface area contributed by atoms with Gasteiger partial charge in [0.15, 0.2) is 0 Å². The molecule has 0 heterocycles. The Morgan fingerprint density at radius 2 is 1.78 bits per heavy atom. The molecule has 0 aliphatic heterocycles. The van der Waals surface area contributed by atoms with Gasteiger partial charge in [0.25, 0.3) is 5.91 Å². The Kier molecular flexibility index (Phi) is 9.84. The maximum absolute atomic E-state index is 13.8. The van der Waals surface area contributed by atoms with Gasteiger partial charge in [-0.25, -0.2) is 4.79 Å². The number of carbonyl (C=O) groups excluding carboxylic acids is 3. The molecule has 194 valence electrons. The summed E-state index contributed by atoms with van der Waals surface area (Å²) in [6.07, 6.45) is 1.66. The second kappa shape index (κ2) is 12.4. The number of hydrogen-bond acceptors (Lipinski definition) is 4. The molecule has 0 radical (unpaired) electrons. The second-order valence-electron chi connectivity index (χ2n) is 10.0. The number of aryl methyl sites for hydroxylation is 1. The predicted octanol–water partition coefficient (Wildman–Crippen LogP) is 5.72. The van der Waals surface area contributed by atoms with Gasteiger partial charge in [-0.15, -0.1) is 0 Å². The molecule has 2 N–H and O–H groups in total. The average Bonchev–Trinajstić information content (AvgIpc) is 2.82. The number of rotatable bonds is 9. The van der Waals surface area contributed by atoms with Crippen molar-refractivity contribution in [1.29, 1.82) is 0 Å². The van der Waals surface area contributed by atoms with Gasteiger partial charge < -0.3 is 20.3 Å². The van der Waals surface area contributed by atoms with E-state index in [1.807, 2.05) is 63.2 Å². The maximum Gasteiger partial charge on any atom is 0.408 e. The highest BCUT2D eigenvalue weighted by atomic mass is 16.6. The van der Waals surface area contributed by atoms with E-state index >= 15 is 0 Å². The van der Waals surface area contributed by atoms with Crippen LogP contribution in [0.1, 0.15) is 63.8 Å². The maximum atomic E-state index is 13.8. The monoisotopic (exact) mass is 493 g/mol. The zero-order valence-corrected chi connectivity index (χ0v) is 22.4. The van der Waals surface area contributed by atoms with E-state index in [2.05, 4.69) is 17.2 Å². The molecule has 3 unspecified atom stereocenters. The molecule has 0 aromatic heterocycles. The molecular formula is C29H39N3O4. The number of amides is 3. The molecule has 7 heteroatoms. The number of benzene rings is 2. The molecule has 0 saturated heterocycles. The fourth-order valence-corrected chi connectivity index (χ4v) is 3.79. The SMILES string of the molecule is C=Cc1cccc(C(C(=O)Nc2ccccc2C)N(C)C(=O)C(NC(=O)OC(C)(C)C)C(C)CC)c1. The Hall–Kier alpha value is -3.61. The summed E-state index contributed by atoms with van der Waals surface area (Å²) in [5.74, 6) is -0.933. The summed E-state index contributed by atoms with van der Waals surface area (Å²) < 4.78 is 5.40. The highest BCUT2D eigenvalue weighted by Crippen LogP contribution is 2.26. The number of hydrogen-bond donors (Lipinski definition) is 2. The van der Waals surface area contributed by atoms with Crippen molar-refractivity contribution in [3.05, 3.63) is 71.8 Å². The van der Waals surface area contributed by atoms with Gasteiger partial charge in [0.05, 0.1) is 0 Å². The molecule has 2 aromatic rings. The molecular weight excluding hydrogens is 454 g/mol. The molecule has 2 rings (SSSR count). The van der Waals surface area contributed by atoms with Crippen LogP contribution in [0.2, 0.25) is 0 Å². The standard InChI is InChI=1S/C29H39N3O4/c1-9-19(3)24(31-28(35)36-29(5,6)7)27(34)32(8)25(22-16-13-15-21(10-2)18-22)26(33)30-23-17-12-11-14-20(23)4/h10-19,24-25H,2,9H2,1,3-8H3,(H,30,33)(H,31,35). The quantitative estimate of drug-likeness (QED) is 0.468. The van der Waals surface area contributed by atoms with Crippen molar-refractivity contribution in [2.24, 2.45) is 5.92 Å². The first-order valence-corrected chi connectivity index (χ1v) is 12.2. The van der Waals surface area contributed by atoms with Crippen LogP contribution >= 0.6 is 0 Å². The molecule has 0 fully saturated rings. The third-order valence-corrected chi connectivity index (χ3v) is 6.00. The Morgan fingerprint density at radius 1 is 1.11 bits per heavy atom. The first-order valence-electron chi connectivity index (χ1n) is 12.2. The number of anilines is 1. The van der Waals surface area contributed by atoms with E-state index < -0.39 is 23.8 Å². The van der Waals surface area contributed by atoms with Crippen LogP contribution in [0.3, 0.4) is 0 Å². The van der Waals surface area contributed by atoms with Crippen LogP contribution in [0.25, 0.3) is 6.08 Å². The minimum Gasteiger partial charge on any atom is -0.444 e. The predicted molar refractivity (Wildman–Crippen MR) is 144 cm³/mol. The van der Waals surface area contributed by atoms with E-state index in [1.54, 1.807) is 40.0 Å². The van der Waals surface area contributed by atoms with Crippen molar-refractivity contribution >= 4 is 29.7 Å². The van der Waals surface area contributed by atoms with E-state index in [1.165, 1.54) is 4.90 Å². The molecule has 0 aliphatic carbocycles. The second-order valence-corrected chi connectivity index (χ2v) is 10.0. The van der Waals surface area contributed by atoms with Crippen LogP contribution in [0.4, 0.5) is 10.5 Å². The summed E-state index contributed by atoms with van der Waals surface area (Å²) in [7, 11) is 1.58. The van der Waals surface area contributed by atoms with E-state index in [0.29, 0.717) is 17.7 Å². The van der Waals surface area contributed by atoms with E-state index in [4.69, 9.17) is 4.74 Å². The first-order chi connectivity index (χ1) is 16.9.